The van der Waals surface area contributed by atoms with Crippen molar-refractivity contribution in [3.8, 4) is 5.88 Å². The van der Waals surface area contributed by atoms with E-state index in [1.54, 1.807) is 6.33 Å². The highest BCUT2D eigenvalue weighted by Gasteiger charge is 2.28. The minimum absolute atomic E-state index is 0.123. The van der Waals surface area contributed by atoms with Gasteiger partial charge in [-0.1, -0.05) is 12.8 Å². The van der Waals surface area contributed by atoms with Crippen molar-refractivity contribution in [2.45, 2.75) is 64.5 Å². The first-order valence-electron chi connectivity index (χ1n) is 12.2. The third-order valence-corrected chi connectivity index (χ3v) is 7.53. The Bertz CT molecular complexity index is 954. The number of aromatic nitrogens is 3. The zero-order valence-electron chi connectivity index (χ0n) is 19.4. The maximum Gasteiger partial charge on any atom is 0.236 e. The molecule has 0 spiro atoms. The van der Waals surface area contributed by atoms with Crippen molar-refractivity contribution < 1.29 is 14.3 Å². The fourth-order valence-electron chi connectivity index (χ4n) is 5.54. The van der Waals surface area contributed by atoms with Crippen molar-refractivity contribution >= 4 is 16.9 Å². The summed E-state index contributed by atoms with van der Waals surface area (Å²) in [7, 11) is 0. The number of hydrogen-bond donors (Lipinski definition) is 0. The summed E-state index contributed by atoms with van der Waals surface area (Å²) in [5, 5.41) is 1.07. The molecule has 1 saturated carbocycles. The van der Waals surface area contributed by atoms with Crippen LogP contribution in [0.4, 0.5) is 0 Å². The molecule has 174 valence electrons. The highest BCUT2D eigenvalue weighted by Crippen LogP contribution is 2.38. The van der Waals surface area contributed by atoms with Crippen LogP contribution < -0.4 is 4.74 Å². The van der Waals surface area contributed by atoms with E-state index in [2.05, 4.69) is 33.3 Å². The average Bonchev–Trinajstić information content (AvgIpc) is 3.43. The standard InChI is InChI=1S/C24H35N5O3/c1-17-18(2)29(19-5-3-4-6-19)23-22(17)24(26-16-25-23)32-20-7-9-27(10-8-20)15-21(30)28-11-13-31-14-12-28/h16,19-20H,3-15H2,1-2H3. The molecule has 0 bridgehead atoms. The molecule has 8 heteroatoms. The molecule has 1 aliphatic carbocycles. The number of rotatable bonds is 5. The van der Waals surface area contributed by atoms with Gasteiger partial charge in [0.1, 0.15) is 18.1 Å². The molecule has 1 amide bonds. The van der Waals surface area contributed by atoms with Gasteiger partial charge in [0, 0.05) is 37.9 Å². The van der Waals surface area contributed by atoms with Crippen LogP contribution in [0, 0.1) is 13.8 Å². The van der Waals surface area contributed by atoms with E-state index in [-0.39, 0.29) is 12.0 Å². The van der Waals surface area contributed by atoms with E-state index in [1.165, 1.54) is 36.9 Å². The summed E-state index contributed by atoms with van der Waals surface area (Å²) in [4.78, 5) is 25.9. The first-order valence-corrected chi connectivity index (χ1v) is 12.2. The Morgan fingerprint density at radius 2 is 1.78 bits per heavy atom. The van der Waals surface area contributed by atoms with Gasteiger partial charge in [-0.15, -0.1) is 0 Å². The lowest BCUT2D eigenvalue weighted by Gasteiger charge is -2.34. The average molecular weight is 442 g/mol. The van der Waals surface area contributed by atoms with Crippen molar-refractivity contribution in [3.05, 3.63) is 17.6 Å². The fourth-order valence-corrected chi connectivity index (χ4v) is 5.54. The third kappa shape index (κ3) is 4.22. The minimum Gasteiger partial charge on any atom is -0.474 e. The van der Waals surface area contributed by atoms with Crippen LogP contribution in [-0.2, 0) is 9.53 Å². The van der Waals surface area contributed by atoms with Crippen molar-refractivity contribution in [2.24, 2.45) is 0 Å². The quantitative estimate of drug-likeness (QED) is 0.711. The van der Waals surface area contributed by atoms with Crippen molar-refractivity contribution in [2.75, 3.05) is 45.9 Å². The van der Waals surface area contributed by atoms with Gasteiger partial charge in [0.15, 0.2) is 0 Å². The fraction of sp³-hybridized carbons (Fsp3) is 0.708. The highest BCUT2D eigenvalue weighted by molar-refractivity contribution is 5.86. The van der Waals surface area contributed by atoms with Crippen LogP contribution in [0.2, 0.25) is 0 Å². The van der Waals surface area contributed by atoms with E-state index in [0.29, 0.717) is 38.9 Å². The number of carbonyl (C=O) groups excluding carboxylic acids is 1. The molecule has 3 aliphatic rings. The largest absolute Gasteiger partial charge is 0.474 e. The minimum atomic E-state index is 0.123. The first-order chi connectivity index (χ1) is 15.6. The highest BCUT2D eigenvalue weighted by atomic mass is 16.5. The maximum atomic E-state index is 12.5. The molecule has 8 nitrogen and oxygen atoms in total. The second-order valence-electron chi connectivity index (χ2n) is 9.48. The Hall–Kier alpha value is -2.19. The molecule has 2 saturated heterocycles. The summed E-state index contributed by atoms with van der Waals surface area (Å²) in [6, 6.07) is 0.543. The Labute approximate surface area is 189 Å². The summed E-state index contributed by atoms with van der Waals surface area (Å²) >= 11 is 0. The van der Waals surface area contributed by atoms with Gasteiger partial charge in [-0.05, 0) is 45.1 Å². The number of nitrogens with zero attached hydrogens (tertiary/aromatic N) is 5. The molecule has 2 aromatic rings. The Balaban J connectivity index is 1.24. The van der Waals surface area contributed by atoms with E-state index < -0.39 is 0 Å². The molecule has 0 unspecified atom stereocenters. The molecule has 0 N–H and O–H groups in total. The van der Waals surface area contributed by atoms with E-state index >= 15 is 0 Å². The number of morpholine rings is 1. The van der Waals surface area contributed by atoms with Gasteiger partial charge in [-0.3, -0.25) is 9.69 Å². The molecule has 5 rings (SSSR count). The lowest BCUT2D eigenvalue weighted by Crippen LogP contribution is -2.48. The SMILES string of the molecule is Cc1c(C)n(C2CCCC2)c2ncnc(OC3CCN(CC(=O)N4CCOCC4)CC3)c12. The maximum absolute atomic E-state index is 12.5. The van der Waals surface area contributed by atoms with Gasteiger partial charge in [0.05, 0.1) is 25.1 Å². The van der Waals surface area contributed by atoms with Gasteiger partial charge >= 0.3 is 0 Å². The van der Waals surface area contributed by atoms with Crippen LogP contribution in [-0.4, -0.2) is 82.3 Å². The van der Waals surface area contributed by atoms with Crippen LogP contribution in [0.25, 0.3) is 11.0 Å². The number of hydrogen-bond acceptors (Lipinski definition) is 6. The topological polar surface area (TPSA) is 72.7 Å². The summed E-state index contributed by atoms with van der Waals surface area (Å²) in [5.41, 5.74) is 3.54. The van der Waals surface area contributed by atoms with Crippen LogP contribution in [0.15, 0.2) is 6.33 Å². The number of carbonyl (C=O) groups is 1. The Morgan fingerprint density at radius 3 is 2.50 bits per heavy atom. The third-order valence-electron chi connectivity index (χ3n) is 7.53. The van der Waals surface area contributed by atoms with Gasteiger partial charge in [-0.2, -0.15) is 0 Å². The van der Waals surface area contributed by atoms with E-state index in [0.717, 1.165) is 42.8 Å². The number of fused-ring (bicyclic) bond motifs is 1. The molecule has 4 heterocycles. The zero-order chi connectivity index (χ0) is 22.1. The smallest absolute Gasteiger partial charge is 0.236 e. The summed E-state index contributed by atoms with van der Waals surface area (Å²) in [5.74, 6) is 0.930. The van der Waals surface area contributed by atoms with Crippen LogP contribution in [0.3, 0.4) is 0 Å². The zero-order valence-corrected chi connectivity index (χ0v) is 19.4. The molecule has 0 aromatic carbocycles. The van der Waals surface area contributed by atoms with E-state index in [1.807, 2.05) is 4.90 Å². The van der Waals surface area contributed by atoms with E-state index in [4.69, 9.17) is 9.47 Å². The molecule has 32 heavy (non-hydrogen) atoms. The van der Waals surface area contributed by atoms with Gasteiger partial charge in [0.2, 0.25) is 11.8 Å². The number of ether oxygens (including phenoxy) is 2. The van der Waals surface area contributed by atoms with Gasteiger partial charge in [0.25, 0.3) is 0 Å². The van der Waals surface area contributed by atoms with Crippen LogP contribution in [0.1, 0.15) is 55.8 Å². The number of piperidine rings is 1. The number of amides is 1. The van der Waals surface area contributed by atoms with Crippen molar-refractivity contribution in [1.82, 2.24) is 24.3 Å². The molecule has 0 radical (unpaired) electrons. The normalized spacial score (nSPS) is 21.5. The molecular weight excluding hydrogens is 406 g/mol. The number of likely N-dealkylation sites (tertiary alicyclic amines) is 1. The first kappa shape index (κ1) is 21.6. The van der Waals surface area contributed by atoms with Gasteiger partial charge in [-0.25, -0.2) is 9.97 Å². The second-order valence-corrected chi connectivity index (χ2v) is 9.48. The molecular formula is C24H35N5O3. The van der Waals surface area contributed by atoms with E-state index in [9.17, 15) is 4.79 Å². The molecule has 0 atom stereocenters. The predicted octanol–water partition coefficient (Wildman–Crippen LogP) is 2.87. The summed E-state index contributed by atoms with van der Waals surface area (Å²) < 4.78 is 14.2. The lowest BCUT2D eigenvalue weighted by atomic mass is 10.1. The lowest BCUT2D eigenvalue weighted by molar-refractivity contribution is -0.136. The van der Waals surface area contributed by atoms with Crippen molar-refractivity contribution in [1.29, 1.82) is 0 Å². The Kier molecular flexibility index (Phi) is 6.33. The van der Waals surface area contributed by atoms with Crippen LogP contribution in [0.5, 0.6) is 5.88 Å². The molecule has 3 fully saturated rings. The Morgan fingerprint density at radius 1 is 1.06 bits per heavy atom. The van der Waals surface area contributed by atoms with Crippen LogP contribution >= 0.6 is 0 Å². The molecule has 2 aliphatic heterocycles. The number of aryl methyl sites for hydroxylation is 1. The molecule has 2 aromatic heterocycles. The van der Waals surface area contributed by atoms with Gasteiger partial charge < -0.3 is 18.9 Å². The summed E-state index contributed by atoms with van der Waals surface area (Å²) in [6.07, 6.45) is 8.63. The summed E-state index contributed by atoms with van der Waals surface area (Å²) in [6.45, 7) is 9.32. The predicted molar refractivity (Wildman–Crippen MR) is 122 cm³/mol. The monoisotopic (exact) mass is 441 g/mol. The van der Waals surface area contributed by atoms with Crippen molar-refractivity contribution in [3.63, 3.8) is 0 Å². The second kappa shape index (κ2) is 9.35.